The van der Waals surface area contributed by atoms with Crippen LogP contribution < -0.4 is 34.4 Å². The third kappa shape index (κ3) is 5.96. The van der Waals surface area contributed by atoms with E-state index in [0.29, 0.717) is 55.6 Å². The van der Waals surface area contributed by atoms with Gasteiger partial charge in [-0.05, 0) is 66.6 Å². The second-order valence-electron chi connectivity index (χ2n) is 11.7. The molecule has 1 amide bonds. The van der Waals surface area contributed by atoms with Crippen LogP contribution in [0.1, 0.15) is 29.7 Å². The van der Waals surface area contributed by atoms with Crippen LogP contribution in [0.2, 0.25) is 0 Å². The molecule has 9 nitrogen and oxygen atoms in total. The Morgan fingerprint density at radius 1 is 0.940 bits per heavy atom. The van der Waals surface area contributed by atoms with E-state index < -0.39 is 11.9 Å². The summed E-state index contributed by atoms with van der Waals surface area (Å²) < 4.78 is 34.6. The van der Waals surface area contributed by atoms with Crippen molar-refractivity contribution >= 4 is 39.9 Å². The van der Waals surface area contributed by atoms with Gasteiger partial charge in [0, 0.05) is 34.9 Å². The van der Waals surface area contributed by atoms with Gasteiger partial charge in [-0.1, -0.05) is 59.9 Å². The predicted molar refractivity (Wildman–Crippen MR) is 192 cm³/mol. The number of fused-ring (bicyclic) bond motifs is 2. The summed E-state index contributed by atoms with van der Waals surface area (Å²) in [6.07, 6.45) is 3.86. The number of thiazole rings is 1. The standard InChI is InChI=1S/C39H33FN4O5S/c1-23-34(37(45)42-28-10-6-5-7-11-28)35(25-18-31(47-2)36(49-4)32(19-25)48-3)44-38(46)33(50-39(44)41-23)20-26-22-43(30-13-9-8-12-29(26)30)21-24-14-16-27(40)17-15-24/h5-20,22,35H,21H2,1-4H3,(H,42,45)/b33-20-/t35-/m1/s1. The van der Waals surface area contributed by atoms with E-state index in [1.165, 1.54) is 44.8 Å². The molecule has 1 aliphatic heterocycles. The van der Waals surface area contributed by atoms with Crippen LogP contribution in [0, 0.1) is 5.82 Å². The maximum atomic E-state index is 14.5. The van der Waals surface area contributed by atoms with E-state index in [9.17, 15) is 14.0 Å². The number of allylic oxidation sites excluding steroid dienone is 1. The molecule has 11 heteroatoms. The second-order valence-corrected chi connectivity index (χ2v) is 12.7. The molecule has 0 aliphatic carbocycles. The van der Waals surface area contributed by atoms with Gasteiger partial charge in [-0.15, -0.1) is 0 Å². The number of rotatable bonds is 9. The fourth-order valence-electron chi connectivity index (χ4n) is 6.36. The van der Waals surface area contributed by atoms with E-state index in [0.717, 1.165) is 22.0 Å². The number of halogens is 1. The van der Waals surface area contributed by atoms with E-state index in [-0.39, 0.29) is 11.4 Å². The van der Waals surface area contributed by atoms with Gasteiger partial charge in [0.05, 0.1) is 43.2 Å². The van der Waals surface area contributed by atoms with E-state index in [2.05, 4.69) is 9.88 Å². The Balaban J connectivity index is 1.40. The summed E-state index contributed by atoms with van der Waals surface area (Å²) in [5.41, 5.74) is 4.42. The Morgan fingerprint density at radius 3 is 2.30 bits per heavy atom. The van der Waals surface area contributed by atoms with E-state index in [1.54, 1.807) is 47.9 Å². The fourth-order valence-corrected chi connectivity index (χ4v) is 7.39. The SMILES string of the molecule is COc1cc([C@@H]2C(C(=O)Nc3ccccc3)=C(C)N=c3s/c(=C\c4cn(Cc5ccc(F)cc5)c5ccccc45)c(=O)n32)cc(OC)c1OC. The zero-order valence-corrected chi connectivity index (χ0v) is 28.6. The fraction of sp³-hybridized carbons (Fsp3) is 0.154. The molecular formula is C39H33FN4O5S. The minimum absolute atomic E-state index is 0.289. The zero-order chi connectivity index (χ0) is 34.9. The third-order valence-electron chi connectivity index (χ3n) is 8.67. The molecule has 0 bridgehead atoms. The number of aromatic nitrogens is 2. The molecule has 0 fully saturated rings. The number of carbonyl (C=O) groups excluding carboxylic acids is 1. The van der Waals surface area contributed by atoms with E-state index in [4.69, 9.17) is 19.2 Å². The van der Waals surface area contributed by atoms with Crippen LogP contribution in [-0.2, 0) is 11.3 Å². The van der Waals surface area contributed by atoms with Crippen molar-refractivity contribution < 1.29 is 23.4 Å². The van der Waals surface area contributed by atoms with Crippen molar-refractivity contribution in [3.8, 4) is 17.2 Å². The number of nitrogens with one attached hydrogen (secondary N) is 1. The van der Waals surface area contributed by atoms with Gasteiger partial charge in [-0.3, -0.25) is 14.2 Å². The lowest BCUT2D eigenvalue weighted by atomic mass is 9.94. The molecule has 0 saturated heterocycles. The number of methoxy groups -OCH3 is 3. The lowest BCUT2D eigenvalue weighted by molar-refractivity contribution is -0.113. The van der Waals surface area contributed by atoms with Gasteiger partial charge < -0.3 is 24.1 Å². The number of nitrogens with zero attached hydrogens (tertiary/aromatic N) is 3. The summed E-state index contributed by atoms with van der Waals surface area (Å²) in [6.45, 7) is 2.29. The number of hydrogen-bond donors (Lipinski definition) is 1. The Bertz CT molecular complexity index is 2440. The highest BCUT2D eigenvalue weighted by Gasteiger charge is 2.34. The van der Waals surface area contributed by atoms with Crippen LogP contribution >= 0.6 is 11.3 Å². The van der Waals surface area contributed by atoms with Crippen LogP contribution in [0.15, 0.2) is 118 Å². The van der Waals surface area contributed by atoms with Gasteiger partial charge in [0.15, 0.2) is 16.3 Å². The van der Waals surface area contributed by atoms with Gasteiger partial charge in [0.1, 0.15) is 5.82 Å². The van der Waals surface area contributed by atoms with Gasteiger partial charge in [0.2, 0.25) is 5.75 Å². The molecule has 4 aromatic carbocycles. The number of hydrogen-bond acceptors (Lipinski definition) is 7. The lowest BCUT2D eigenvalue weighted by Crippen LogP contribution is -2.40. The van der Waals surface area contributed by atoms with Crippen molar-refractivity contribution in [2.75, 3.05) is 26.6 Å². The molecule has 2 aromatic heterocycles. The highest BCUT2D eigenvalue weighted by molar-refractivity contribution is 7.07. The first kappa shape index (κ1) is 32.6. The van der Waals surface area contributed by atoms with Crippen LogP contribution in [-0.4, -0.2) is 36.4 Å². The first-order valence-electron chi connectivity index (χ1n) is 15.8. The molecule has 6 aromatic rings. The molecule has 1 N–H and O–H groups in total. The topological polar surface area (TPSA) is 96.1 Å². The van der Waals surface area contributed by atoms with Crippen molar-refractivity contribution in [3.05, 3.63) is 151 Å². The number of benzene rings is 4. The normalized spacial score (nSPS) is 14.3. The Labute approximate surface area is 290 Å². The first-order chi connectivity index (χ1) is 24.3. The maximum Gasteiger partial charge on any atom is 0.271 e. The molecule has 50 heavy (non-hydrogen) atoms. The summed E-state index contributed by atoms with van der Waals surface area (Å²) in [5, 5.41) is 3.94. The predicted octanol–water partition coefficient (Wildman–Crippen LogP) is 6.04. The minimum atomic E-state index is -0.870. The summed E-state index contributed by atoms with van der Waals surface area (Å²) in [6, 6.07) is 26.1. The Morgan fingerprint density at radius 2 is 1.62 bits per heavy atom. The van der Waals surface area contributed by atoms with Crippen LogP contribution in [0.3, 0.4) is 0 Å². The molecule has 7 rings (SSSR count). The average molecular weight is 689 g/mol. The molecule has 252 valence electrons. The molecule has 3 heterocycles. The Kier molecular flexibility index (Phi) is 8.82. The Hall–Kier alpha value is -5.94. The number of para-hydroxylation sites is 2. The average Bonchev–Trinajstić information content (AvgIpc) is 3.63. The summed E-state index contributed by atoms with van der Waals surface area (Å²) in [4.78, 5) is 33.8. The quantitative estimate of drug-likeness (QED) is 0.200. The van der Waals surface area contributed by atoms with Crippen LogP contribution in [0.25, 0.3) is 17.0 Å². The van der Waals surface area contributed by atoms with Gasteiger partial charge >= 0.3 is 0 Å². The minimum Gasteiger partial charge on any atom is -0.493 e. The third-order valence-corrected chi connectivity index (χ3v) is 9.66. The van der Waals surface area contributed by atoms with Gasteiger partial charge in [-0.25, -0.2) is 9.38 Å². The van der Waals surface area contributed by atoms with Crippen LogP contribution in [0.5, 0.6) is 17.2 Å². The number of carbonyl (C=O) groups is 1. The smallest absolute Gasteiger partial charge is 0.271 e. The molecule has 1 atom stereocenters. The van der Waals surface area contributed by atoms with E-state index >= 15 is 0 Å². The zero-order valence-electron chi connectivity index (χ0n) is 27.8. The molecule has 0 saturated carbocycles. The highest BCUT2D eigenvalue weighted by Crippen LogP contribution is 2.42. The number of ether oxygens (including phenoxy) is 3. The molecule has 0 radical (unpaired) electrons. The summed E-state index contributed by atoms with van der Waals surface area (Å²) >= 11 is 1.25. The molecule has 0 spiro atoms. The van der Waals surface area contributed by atoms with Crippen LogP contribution in [0.4, 0.5) is 10.1 Å². The summed E-state index contributed by atoms with van der Waals surface area (Å²) in [7, 11) is 4.55. The van der Waals surface area contributed by atoms with E-state index in [1.807, 2.05) is 54.7 Å². The monoisotopic (exact) mass is 688 g/mol. The molecule has 1 aliphatic rings. The second kappa shape index (κ2) is 13.5. The summed E-state index contributed by atoms with van der Waals surface area (Å²) in [5.74, 6) is 0.474. The largest absolute Gasteiger partial charge is 0.493 e. The van der Waals surface area contributed by atoms with Gasteiger partial charge in [-0.2, -0.15) is 0 Å². The lowest BCUT2D eigenvalue weighted by Gasteiger charge is -2.26. The van der Waals surface area contributed by atoms with Gasteiger partial charge in [0.25, 0.3) is 11.5 Å². The van der Waals surface area contributed by atoms with Crippen molar-refractivity contribution in [2.45, 2.75) is 19.5 Å². The van der Waals surface area contributed by atoms with Crippen molar-refractivity contribution in [3.63, 3.8) is 0 Å². The highest BCUT2D eigenvalue weighted by atomic mass is 32.1. The molecular weight excluding hydrogens is 656 g/mol. The first-order valence-corrected chi connectivity index (χ1v) is 16.6. The number of amides is 1. The maximum absolute atomic E-state index is 14.5. The molecule has 0 unspecified atom stereocenters. The van der Waals surface area contributed by atoms with Crippen molar-refractivity contribution in [2.24, 2.45) is 4.99 Å². The van der Waals surface area contributed by atoms with Crippen molar-refractivity contribution in [1.29, 1.82) is 0 Å². The number of anilines is 1. The van der Waals surface area contributed by atoms with Crippen molar-refractivity contribution in [1.82, 2.24) is 9.13 Å².